The van der Waals surface area contributed by atoms with Crippen LogP contribution in [0.1, 0.15) is 0 Å². The van der Waals surface area contributed by atoms with Crippen molar-refractivity contribution in [3.8, 4) is 23.0 Å². The zero-order valence-electron chi connectivity index (χ0n) is 17.4. The van der Waals surface area contributed by atoms with E-state index in [1.807, 2.05) is 6.07 Å². The number of nitrogens with zero attached hydrogens (tertiary/aromatic N) is 1. The molecule has 0 aliphatic rings. The van der Waals surface area contributed by atoms with Gasteiger partial charge >= 0.3 is 6.09 Å². The summed E-state index contributed by atoms with van der Waals surface area (Å²) >= 11 is 6.34. The van der Waals surface area contributed by atoms with Gasteiger partial charge in [0.25, 0.3) is 0 Å². The summed E-state index contributed by atoms with van der Waals surface area (Å²) < 4.78 is 16.5. The molecule has 8 nitrogen and oxygen atoms in total. The lowest BCUT2D eigenvalue weighted by Gasteiger charge is -2.13. The Morgan fingerprint density at radius 2 is 1.79 bits per heavy atom. The summed E-state index contributed by atoms with van der Waals surface area (Å²) in [7, 11) is 1.50. The van der Waals surface area contributed by atoms with Crippen molar-refractivity contribution in [2.45, 2.75) is 0 Å². The molecule has 0 bridgehead atoms. The summed E-state index contributed by atoms with van der Waals surface area (Å²) in [6.45, 7) is 0. The fourth-order valence-corrected chi connectivity index (χ4v) is 3.32. The molecule has 0 aliphatic heterocycles. The number of aromatic nitrogens is 1. The molecule has 0 atom stereocenters. The van der Waals surface area contributed by atoms with Crippen molar-refractivity contribution in [3.05, 3.63) is 77.9 Å². The average Bonchev–Trinajstić information content (AvgIpc) is 2.81. The van der Waals surface area contributed by atoms with Gasteiger partial charge in [-0.2, -0.15) is 0 Å². The lowest BCUT2D eigenvalue weighted by Crippen LogP contribution is -2.16. The summed E-state index contributed by atoms with van der Waals surface area (Å²) in [4.78, 5) is 27.4. The number of pyridine rings is 1. The smallest absolute Gasteiger partial charge is 0.417 e. The van der Waals surface area contributed by atoms with Crippen molar-refractivity contribution in [1.82, 2.24) is 4.98 Å². The number of rotatable bonds is 7. The van der Waals surface area contributed by atoms with Crippen LogP contribution < -0.4 is 24.8 Å². The first kappa shape index (κ1) is 21.9. The number of ether oxygens (including phenoxy) is 3. The van der Waals surface area contributed by atoms with Gasteiger partial charge in [-0.15, -0.1) is 0 Å². The topological polar surface area (TPSA) is 98.8 Å². The molecule has 3 aromatic carbocycles. The number of anilines is 2. The van der Waals surface area contributed by atoms with Crippen molar-refractivity contribution in [2.24, 2.45) is 0 Å². The number of nitrogens with one attached hydrogen (secondary N) is 2. The van der Waals surface area contributed by atoms with Crippen LogP contribution in [0.5, 0.6) is 23.0 Å². The van der Waals surface area contributed by atoms with Crippen LogP contribution in [0.2, 0.25) is 5.02 Å². The zero-order valence-corrected chi connectivity index (χ0v) is 18.1. The molecule has 1 aromatic heterocycles. The van der Waals surface area contributed by atoms with E-state index in [1.54, 1.807) is 66.9 Å². The SMILES string of the molecule is COc1cc2nccc(Oc3ccc(NC(=O)Oc4ccccc4)c(Cl)c3)c2cc1NC=O. The number of amides is 2. The molecule has 0 saturated heterocycles. The van der Waals surface area contributed by atoms with E-state index >= 15 is 0 Å². The molecular formula is C24H18ClN3O5. The van der Waals surface area contributed by atoms with Crippen LogP contribution >= 0.6 is 11.6 Å². The van der Waals surface area contributed by atoms with Crippen LogP contribution in [-0.2, 0) is 4.79 Å². The molecular weight excluding hydrogens is 446 g/mol. The number of hydrogen-bond acceptors (Lipinski definition) is 6. The zero-order chi connectivity index (χ0) is 23.2. The summed E-state index contributed by atoms with van der Waals surface area (Å²) in [5, 5.41) is 6.12. The third-order valence-electron chi connectivity index (χ3n) is 4.60. The van der Waals surface area contributed by atoms with E-state index in [4.69, 9.17) is 25.8 Å². The van der Waals surface area contributed by atoms with Gasteiger partial charge in [-0.1, -0.05) is 29.8 Å². The molecule has 0 radical (unpaired) electrons. The molecule has 0 spiro atoms. The fourth-order valence-electron chi connectivity index (χ4n) is 3.10. The molecule has 0 fully saturated rings. The number of carbonyl (C=O) groups is 2. The highest BCUT2D eigenvalue weighted by Crippen LogP contribution is 2.37. The maximum Gasteiger partial charge on any atom is 0.417 e. The van der Waals surface area contributed by atoms with E-state index in [0.717, 1.165) is 0 Å². The van der Waals surface area contributed by atoms with Crippen LogP contribution in [0.25, 0.3) is 10.9 Å². The minimum atomic E-state index is -0.666. The number of fused-ring (bicyclic) bond motifs is 1. The molecule has 4 rings (SSSR count). The summed E-state index contributed by atoms with van der Waals surface area (Å²) in [5.41, 5.74) is 1.47. The molecule has 0 unspecified atom stereocenters. The van der Waals surface area contributed by atoms with E-state index < -0.39 is 6.09 Å². The molecule has 4 aromatic rings. The number of halogens is 1. The largest absolute Gasteiger partial charge is 0.494 e. The van der Waals surface area contributed by atoms with Crippen LogP contribution in [0.3, 0.4) is 0 Å². The highest BCUT2D eigenvalue weighted by Gasteiger charge is 2.13. The van der Waals surface area contributed by atoms with Crippen LogP contribution in [0.4, 0.5) is 16.2 Å². The normalized spacial score (nSPS) is 10.4. The van der Waals surface area contributed by atoms with E-state index in [2.05, 4.69) is 15.6 Å². The number of methoxy groups -OCH3 is 1. The quantitative estimate of drug-likeness (QED) is 0.333. The minimum Gasteiger partial charge on any atom is -0.494 e. The predicted octanol–water partition coefficient (Wildman–Crippen LogP) is 5.87. The third kappa shape index (κ3) is 5.13. The molecule has 2 amide bonds. The maximum atomic E-state index is 12.1. The van der Waals surface area contributed by atoms with Gasteiger partial charge in [0.15, 0.2) is 0 Å². The molecule has 0 aliphatic carbocycles. The lowest BCUT2D eigenvalue weighted by atomic mass is 10.1. The standard InChI is InChI=1S/C24H18ClN3O5/c1-31-23-13-20-17(12-21(23)27-14-29)22(9-10-26-20)32-16-7-8-19(18(25)11-16)28-24(30)33-15-5-3-2-4-6-15/h2-14H,1H3,(H,27,29)(H,28,30). The second-order valence-corrected chi connectivity index (χ2v) is 7.12. The maximum absolute atomic E-state index is 12.1. The Morgan fingerprint density at radius 3 is 2.52 bits per heavy atom. The lowest BCUT2D eigenvalue weighted by molar-refractivity contribution is -0.105. The Bertz CT molecular complexity index is 1310. The predicted molar refractivity (Wildman–Crippen MR) is 126 cm³/mol. The number of carbonyl (C=O) groups excluding carboxylic acids is 2. The van der Waals surface area contributed by atoms with Crippen LogP contribution in [0, 0.1) is 0 Å². The average molecular weight is 464 g/mol. The van der Waals surface area contributed by atoms with Crippen molar-refractivity contribution in [2.75, 3.05) is 17.7 Å². The first-order chi connectivity index (χ1) is 16.1. The molecule has 33 heavy (non-hydrogen) atoms. The highest BCUT2D eigenvalue weighted by molar-refractivity contribution is 6.33. The van der Waals surface area contributed by atoms with E-state index in [0.29, 0.717) is 51.7 Å². The van der Waals surface area contributed by atoms with Crippen molar-refractivity contribution >= 4 is 46.4 Å². The van der Waals surface area contributed by atoms with E-state index in [1.165, 1.54) is 7.11 Å². The molecule has 166 valence electrons. The van der Waals surface area contributed by atoms with Gasteiger partial charge in [0.05, 0.1) is 29.0 Å². The van der Waals surface area contributed by atoms with Gasteiger partial charge in [-0.3, -0.25) is 15.1 Å². The van der Waals surface area contributed by atoms with Gasteiger partial charge in [0, 0.05) is 23.7 Å². The number of hydrogen-bond donors (Lipinski definition) is 2. The Hall–Kier alpha value is -4.30. The monoisotopic (exact) mass is 463 g/mol. The van der Waals surface area contributed by atoms with Gasteiger partial charge in [-0.25, -0.2) is 4.79 Å². The van der Waals surface area contributed by atoms with Crippen LogP contribution in [-0.4, -0.2) is 24.6 Å². The van der Waals surface area contributed by atoms with Gasteiger partial charge in [-0.05, 0) is 36.4 Å². The van der Waals surface area contributed by atoms with Crippen molar-refractivity contribution in [3.63, 3.8) is 0 Å². The third-order valence-corrected chi connectivity index (χ3v) is 4.91. The number of para-hydroxylation sites is 1. The van der Waals surface area contributed by atoms with Gasteiger partial charge in [0.1, 0.15) is 23.0 Å². The summed E-state index contributed by atoms with van der Waals surface area (Å²) in [6, 6.07) is 18.6. The van der Waals surface area contributed by atoms with Gasteiger partial charge < -0.3 is 19.5 Å². The minimum absolute atomic E-state index is 0.265. The fraction of sp³-hybridized carbons (Fsp3) is 0.0417. The Labute approximate surface area is 194 Å². The van der Waals surface area contributed by atoms with E-state index in [-0.39, 0.29) is 5.02 Å². The first-order valence-electron chi connectivity index (χ1n) is 9.75. The first-order valence-corrected chi connectivity index (χ1v) is 10.1. The number of benzene rings is 3. The highest BCUT2D eigenvalue weighted by atomic mass is 35.5. The van der Waals surface area contributed by atoms with Crippen molar-refractivity contribution < 1.29 is 23.8 Å². The Kier molecular flexibility index (Phi) is 6.56. The molecule has 0 saturated carbocycles. The molecule has 2 N–H and O–H groups in total. The Balaban J connectivity index is 1.54. The summed E-state index contributed by atoms with van der Waals surface area (Å²) in [5.74, 6) is 1.82. The van der Waals surface area contributed by atoms with Gasteiger partial charge in [0.2, 0.25) is 6.41 Å². The van der Waals surface area contributed by atoms with Crippen LogP contribution in [0.15, 0.2) is 72.9 Å². The second-order valence-electron chi connectivity index (χ2n) is 6.71. The second kappa shape index (κ2) is 9.88. The van der Waals surface area contributed by atoms with Crippen molar-refractivity contribution in [1.29, 1.82) is 0 Å². The van der Waals surface area contributed by atoms with E-state index in [9.17, 15) is 9.59 Å². The molecule has 1 heterocycles. The molecule has 9 heteroatoms. The summed E-state index contributed by atoms with van der Waals surface area (Å²) in [6.07, 6.45) is 1.50. The Morgan fingerprint density at radius 1 is 0.970 bits per heavy atom.